The van der Waals surface area contributed by atoms with Crippen molar-refractivity contribution in [3.63, 3.8) is 0 Å². The first kappa shape index (κ1) is 75.2. The zero-order valence-corrected chi connectivity index (χ0v) is 56.4. The van der Waals surface area contributed by atoms with Crippen LogP contribution in [-0.4, -0.2) is 168 Å². The van der Waals surface area contributed by atoms with Crippen molar-refractivity contribution in [1.82, 2.24) is 21.3 Å². The summed E-state index contributed by atoms with van der Waals surface area (Å²) in [6, 6.07) is 28.7. The van der Waals surface area contributed by atoms with Gasteiger partial charge in [-0.05, 0) is 93.0 Å². The fraction of sp³-hybridized carbons (Fsp3) is 0.473. The fourth-order valence-electron chi connectivity index (χ4n) is 13.9. The van der Waals surface area contributed by atoms with Gasteiger partial charge in [-0.2, -0.15) is 0 Å². The molecule has 1 aliphatic heterocycles. The van der Waals surface area contributed by atoms with Gasteiger partial charge in [0.15, 0.2) is 17.5 Å². The van der Waals surface area contributed by atoms with Crippen LogP contribution in [0.25, 0.3) is 0 Å². The number of carbonyl (C=O) groups is 11. The van der Waals surface area contributed by atoms with E-state index in [0.717, 1.165) is 19.4 Å². The van der Waals surface area contributed by atoms with Crippen LogP contribution in [0.5, 0.6) is 0 Å². The maximum absolute atomic E-state index is 15.9. The number of hydrogen-bond acceptors (Lipinski definition) is 21. The van der Waals surface area contributed by atoms with Crippen LogP contribution in [0.4, 0.5) is 0 Å². The summed E-state index contributed by atoms with van der Waals surface area (Å²) < 4.78 is 47.7. The maximum atomic E-state index is 15.9. The van der Waals surface area contributed by atoms with Crippen LogP contribution in [-0.2, 0) is 87.5 Å². The van der Waals surface area contributed by atoms with Crippen molar-refractivity contribution in [2.75, 3.05) is 33.0 Å². The number of aliphatic hydroxyl groups excluding tert-OH is 1. The number of Topliss-reactive ketones (excluding diaryl/α,β-unsaturated/α-hetero) is 1. The van der Waals surface area contributed by atoms with Crippen LogP contribution in [0, 0.1) is 29.1 Å². The summed E-state index contributed by atoms with van der Waals surface area (Å²) in [5.41, 5.74) is -7.39. The van der Waals surface area contributed by atoms with E-state index in [9.17, 15) is 53.4 Å². The number of terminal acetylenes is 1. The average molecular weight is 1370 g/mol. The van der Waals surface area contributed by atoms with Crippen molar-refractivity contribution in [3.05, 3.63) is 155 Å². The van der Waals surface area contributed by atoms with Gasteiger partial charge >= 0.3 is 35.8 Å². The molecular formula is C74H86N4O21. The summed E-state index contributed by atoms with van der Waals surface area (Å²) in [4.78, 5) is 154. The van der Waals surface area contributed by atoms with E-state index < -0.39 is 174 Å². The van der Waals surface area contributed by atoms with Gasteiger partial charge in [-0.3, -0.25) is 33.6 Å². The van der Waals surface area contributed by atoms with Gasteiger partial charge in [0.05, 0.1) is 36.2 Å². The predicted octanol–water partition coefficient (Wildman–Crippen LogP) is 5.17. The molecule has 3 fully saturated rings. The lowest BCUT2D eigenvalue weighted by atomic mass is 9.44. The number of esters is 6. The molecule has 4 aromatic rings. The molecule has 1 unspecified atom stereocenters. The van der Waals surface area contributed by atoms with Crippen molar-refractivity contribution in [3.8, 4) is 12.3 Å². The maximum Gasteiger partial charge on any atom is 0.350 e. The van der Waals surface area contributed by atoms with E-state index in [1.165, 1.54) is 64.1 Å². The van der Waals surface area contributed by atoms with E-state index in [2.05, 4.69) is 27.2 Å². The Hall–Kier alpha value is -9.61. The molecule has 1 heterocycles. The molecule has 0 radical (unpaired) electrons. The molecule has 25 heteroatoms. The second kappa shape index (κ2) is 33.3. The van der Waals surface area contributed by atoms with Crippen molar-refractivity contribution in [2.24, 2.45) is 16.7 Å². The standard InChI is InChI=1S/C74H86N4O21/c1-9-11-16-36-56(82)76-52(38-47-27-17-12-18-28-47)67(87)77-51(69(89)93-10-2)35-25-26-37-75-57(83)41-92-42-58(84)97-62(60(48-29-19-13-20-30-48)78-66(86)49-31-21-14-22-32-49)70(90)96-53-40-74(91)65(98-68(88)50-33-23-15-24-34-50)63-72(8,54(81)39-55-73(63,43-94-55)99-46(5)80)64(85)61(95-45(4)79)59(44(53)3)71(74,6)7/h1,12-15,17-24,27-34,51-55,60-63,65,81,91H,10-11,16,25-26,35-43H2,2-8H3,(H,75,83)(H,76,82)(H,77,87)(H,78,86)/t51-,52+,53-,54-,55+,60?,61+,62+,63-,65-,72+,73-,74+/m0/s1. The van der Waals surface area contributed by atoms with Gasteiger partial charge in [0.2, 0.25) is 23.8 Å². The van der Waals surface area contributed by atoms with Crippen LogP contribution in [0.15, 0.2) is 132 Å². The zero-order chi connectivity index (χ0) is 71.8. The van der Waals surface area contributed by atoms with Crippen LogP contribution < -0.4 is 21.3 Å². The number of carbonyl (C=O) groups excluding carboxylic acids is 11. The number of unbranched alkanes of at least 4 members (excludes halogenated alkanes) is 2. The third-order valence-electron chi connectivity index (χ3n) is 19.0. The average Bonchev–Trinajstić information content (AvgIpc) is 0.670. The number of nitrogens with one attached hydrogen (secondary N) is 4. The molecule has 2 bridgehead atoms. The normalized spacial score (nSPS) is 24.5. The minimum absolute atomic E-state index is 0.00307. The summed E-state index contributed by atoms with van der Waals surface area (Å²) in [7, 11) is 0. The van der Waals surface area contributed by atoms with Crippen LogP contribution >= 0.6 is 0 Å². The molecule has 0 spiro atoms. The third kappa shape index (κ3) is 17.3. The Kier molecular flexibility index (Phi) is 25.3. The van der Waals surface area contributed by atoms with Crippen LogP contribution in [0.2, 0.25) is 0 Å². The largest absolute Gasteiger partial charge is 0.464 e. The molecule has 4 amide bonds. The zero-order valence-electron chi connectivity index (χ0n) is 56.4. The molecule has 6 N–H and O–H groups in total. The highest BCUT2D eigenvalue weighted by molar-refractivity contribution is 5.97. The summed E-state index contributed by atoms with van der Waals surface area (Å²) in [5, 5.41) is 37.4. The quantitative estimate of drug-likeness (QED) is 0.0129. The first-order valence-corrected chi connectivity index (χ1v) is 33.0. The van der Waals surface area contributed by atoms with Crippen LogP contribution in [0.1, 0.15) is 138 Å². The Morgan fingerprint density at radius 3 is 1.98 bits per heavy atom. The summed E-state index contributed by atoms with van der Waals surface area (Å²) in [5.74, 6) is -8.68. The molecular weight excluding hydrogens is 1280 g/mol. The molecule has 25 nitrogen and oxygen atoms in total. The SMILES string of the molecule is C#CCCCC(=O)N[C@H](Cc1ccccc1)C(=O)N[C@@H](CCCCNC(=O)COCC(=O)O[C@@H](C(=O)O[C@H]1C[C@@]2(O)[C@@H](OC(=O)c3ccccc3)[C@@H]3[C@]4(OC(C)=O)CO[C@@H]4C[C@H](O)[C@@]3(C)C(=O)[C@H](OC(C)=O)C(=C1C)C2(C)C)C(NC(=O)c1ccccc1)c1ccccc1)C(=O)OCC. The molecule has 99 heavy (non-hydrogen) atoms. The van der Waals surface area contributed by atoms with Crippen molar-refractivity contribution in [1.29, 1.82) is 0 Å². The fourth-order valence-corrected chi connectivity index (χ4v) is 13.9. The Morgan fingerprint density at radius 1 is 0.737 bits per heavy atom. The summed E-state index contributed by atoms with van der Waals surface area (Å²) >= 11 is 0. The lowest BCUT2D eigenvalue weighted by Gasteiger charge is -2.67. The van der Waals surface area contributed by atoms with Crippen LogP contribution in [0.3, 0.4) is 0 Å². The van der Waals surface area contributed by atoms with Gasteiger partial charge in [-0.1, -0.05) is 111 Å². The van der Waals surface area contributed by atoms with Crippen molar-refractivity contribution < 1.29 is 101 Å². The first-order valence-electron chi connectivity index (χ1n) is 33.0. The summed E-state index contributed by atoms with van der Waals surface area (Å²) in [6.45, 7) is 7.62. The van der Waals surface area contributed by atoms with E-state index in [0.29, 0.717) is 19.3 Å². The molecule has 4 aliphatic rings. The van der Waals surface area contributed by atoms with E-state index >= 15 is 9.59 Å². The van der Waals surface area contributed by atoms with Gasteiger partial charge in [0.25, 0.3) is 5.91 Å². The van der Waals surface area contributed by atoms with Crippen molar-refractivity contribution in [2.45, 2.75) is 172 Å². The number of fused-ring (bicyclic) bond motifs is 5. The Balaban J connectivity index is 1.04. The monoisotopic (exact) mass is 1370 g/mol. The Bertz CT molecular complexity index is 3670. The Labute approximate surface area is 574 Å². The van der Waals surface area contributed by atoms with Gasteiger partial charge in [0, 0.05) is 63.5 Å². The number of aliphatic hydroxyl groups is 2. The smallest absolute Gasteiger partial charge is 0.350 e. The third-order valence-corrected chi connectivity index (χ3v) is 19.0. The highest BCUT2D eigenvalue weighted by Crippen LogP contribution is 2.64. The van der Waals surface area contributed by atoms with Gasteiger partial charge in [-0.25, -0.2) is 19.2 Å². The van der Waals surface area contributed by atoms with Crippen molar-refractivity contribution >= 4 is 65.2 Å². The topological polar surface area (TPSA) is 350 Å². The number of hydrogen-bond donors (Lipinski definition) is 6. The second-order valence-corrected chi connectivity index (χ2v) is 25.8. The number of benzene rings is 4. The molecule has 3 aliphatic carbocycles. The molecule has 4 aromatic carbocycles. The predicted molar refractivity (Wildman–Crippen MR) is 353 cm³/mol. The lowest BCUT2D eigenvalue weighted by Crippen LogP contribution is -2.82. The molecule has 13 atom stereocenters. The summed E-state index contributed by atoms with van der Waals surface area (Å²) in [6.07, 6.45) is -4.49. The molecule has 2 saturated carbocycles. The molecule has 528 valence electrons. The molecule has 8 rings (SSSR count). The number of ether oxygens (including phenoxy) is 8. The number of amides is 4. The lowest BCUT2D eigenvalue weighted by molar-refractivity contribution is -0.346. The van der Waals surface area contributed by atoms with E-state index in [4.69, 9.17) is 44.3 Å². The van der Waals surface area contributed by atoms with Gasteiger partial charge in [-0.15, -0.1) is 12.3 Å². The Morgan fingerprint density at radius 2 is 1.37 bits per heavy atom. The minimum atomic E-state index is -2.56. The van der Waals surface area contributed by atoms with Gasteiger partial charge in [0.1, 0.15) is 55.3 Å². The van der Waals surface area contributed by atoms with Gasteiger partial charge < -0.3 is 69.4 Å². The highest BCUT2D eigenvalue weighted by Gasteiger charge is 2.78. The molecule has 1 saturated heterocycles. The molecule has 0 aromatic heterocycles. The highest BCUT2D eigenvalue weighted by atomic mass is 16.6. The van der Waals surface area contributed by atoms with E-state index in [1.54, 1.807) is 85.8 Å². The number of ketones is 1. The van der Waals surface area contributed by atoms with E-state index in [1.807, 2.05) is 6.07 Å². The number of rotatable bonds is 30. The second-order valence-electron chi connectivity index (χ2n) is 25.8. The first-order chi connectivity index (χ1) is 47.2. The minimum Gasteiger partial charge on any atom is -0.464 e. The van der Waals surface area contributed by atoms with E-state index in [-0.39, 0.29) is 73.1 Å².